The number of anilines is 1. The van der Waals surface area contributed by atoms with E-state index in [9.17, 15) is 9.59 Å². The third-order valence-electron chi connectivity index (χ3n) is 3.34. The predicted molar refractivity (Wildman–Crippen MR) is 91.3 cm³/mol. The van der Waals surface area contributed by atoms with Gasteiger partial charge in [0.15, 0.2) is 0 Å². The van der Waals surface area contributed by atoms with Crippen molar-refractivity contribution in [2.45, 2.75) is 6.42 Å². The van der Waals surface area contributed by atoms with Crippen LogP contribution in [0.3, 0.4) is 0 Å². The summed E-state index contributed by atoms with van der Waals surface area (Å²) < 4.78 is 0. The molecule has 24 heavy (non-hydrogen) atoms. The third kappa shape index (κ3) is 4.66. The minimum absolute atomic E-state index is 0.148. The van der Waals surface area contributed by atoms with Gasteiger partial charge in [0.25, 0.3) is 5.91 Å². The third-order valence-corrected chi connectivity index (χ3v) is 3.34. The van der Waals surface area contributed by atoms with Crippen molar-refractivity contribution in [1.29, 1.82) is 5.26 Å². The fourth-order valence-electron chi connectivity index (χ4n) is 2.17. The number of hydrogen-bond donors (Lipinski definition) is 3. The molecule has 0 saturated heterocycles. The number of rotatable bonds is 6. The van der Waals surface area contributed by atoms with Gasteiger partial charge in [0.2, 0.25) is 5.91 Å². The number of para-hydroxylation sites is 1. The molecular formula is C18H18N4O2. The molecule has 0 fully saturated rings. The molecule has 0 spiro atoms. The molecule has 0 saturated carbocycles. The molecule has 0 aliphatic heterocycles. The zero-order valence-electron chi connectivity index (χ0n) is 13.1. The summed E-state index contributed by atoms with van der Waals surface area (Å²) in [7, 11) is 0. The van der Waals surface area contributed by atoms with Crippen LogP contribution in [0.15, 0.2) is 48.5 Å². The van der Waals surface area contributed by atoms with Gasteiger partial charge < -0.3 is 16.4 Å². The molecule has 2 aromatic carbocycles. The zero-order valence-corrected chi connectivity index (χ0v) is 13.1. The van der Waals surface area contributed by atoms with E-state index in [-0.39, 0.29) is 18.2 Å². The normalized spacial score (nSPS) is 9.83. The fraction of sp³-hybridized carbons (Fsp3) is 0.167. The lowest BCUT2D eigenvalue weighted by Gasteiger charge is -2.11. The first-order valence-corrected chi connectivity index (χ1v) is 7.50. The molecule has 0 bridgehead atoms. The Labute approximate surface area is 140 Å². The maximum atomic E-state index is 12.4. The topological polar surface area (TPSA) is 108 Å². The summed E-state index contributed by atoms with van der Waals surface area (Å²) in [6, 6.07) is 15.5. The number of nitriles is 1. The second-order valence-electron chi connectivity index (χ2n) is 5.12. The largest absolute Gasteiger partial charge is 0.355 e. The zero-order chi connectivity index (χ0) is 17.4. The first-order valence-electron chi connectivity index (χ1n) is 7.50. The van der Waals surface area contributed by atoms with Crippen LogP contribution in [0.25, 0.3) is 0 Å². The summed E-state index contributed by atoms with van der Waals surface area (Å²) in [6.45, 7) is 0.785. The van der Waals surface area contributed by atoms with E-state index < -0.39 is 0 Å². The van der Waals surface area contributed by atoms with E-state index in [1.807, 2.05) is 6.07 Å². The highest BCUT2D eigenvalue weighted by molar-refractivity contribution is 6.05. The Balaban J connectivity index is 2.13. The number of hydrogen-bond acceptors (Lipinski definition) is 4. The van der Waals surface area contributed by atoms with Crippen molar-refractivity contribution in [3.63, 3.8) is 0 Å². The van der Waals surface area contributed by atoms with Gasteiger partial charge in [0.1, 0.15) is 0 Å². The van der Waals surface area contributed by atoms with Crippen LogP contribution in [0.1, 0.15) is 21.5 Å². The molecule has 0 aromatic heterocycles. The van der Waals surface area contributed by atoms with Crippen LogP contribution in [0.2, 0.25) is 0 Å². The van der Waals surface area contributed by atoms with E-state index in [1.165, 1.54) is 6.07 Å². The monoisotopic (exact) mass is 322 g/mol. The van der Waals surface area contributed by atoms with Crippen molar-refractivity contribution in [1.82, 2.24) is 5.32 Å². The number of amides is 2. The van der Waals surface area contributed by atoms with Crippen LogP contribution in [-0.4, -0.2) is 24.9 Å². The molecule has 6 nitrogen and oxygen atoms in total. The van der Waals surface area contributed by atoms with Gasteiger partial charge >= 0.3 is 0 Å². The molecule has 0 aliphatic carbocycles. The van der Waals surface area contributed by atoms with Crippen molar-refractivity contribution in [2.75, 3.05) is 18.4 Å². The minimum atomic E-state index is -0.332. The average Bonchev–Trinajstić information content (AvgIpc) is 2.61. The smallest absolute Gasteiger partial charge is 0.255 e. The quantitative estimate of drug-likeness (QED) is 0.747. The Morgan fingerprint density at radius 2 is 1.92 bits per heavy atom. The van der Waals surface area contributed by atoms with Gasteiger partial charge in [0, 0.05) is 24.3 Å². The van der Waals surface area contributed by atoms with E-state index in [4.69, 9.17) is 11.0 Å². The highest BCUT2D eigenvalue weighted by Gasteiger charge is 2.11. The van der Waals surface area contributed by atoms with E-state index in [1.54, 1.807) is 42.5 Å². The number of nitrogens with one attached hydrogen (secondary N) is 2. The Hall–Kier alpha value is -3.17. The molecule has 122 valence electrons. The Morgan fingerprint density at radius 1 is 1.12 bits per heavy atom. The van der Waals surface area contributed by atoms with Gasteiger partial charge in [-0.25, -0.2) is 0 Å². The average molecular weight is 322 g/mol. The van der Waals surface area contributed by atoms with Crippen molar-refractivity contribution in [3.05, 3.63) is 65.2 Å². The number of carbonyl (C=O) groups is 2. The summed E-state index contributed by atoms with van der Waals surface area (Å²) in [5.74, 6) is -0.490. The Morgan fingerprint density at radius 3 is 2.67 bits per heavy atom. The minimum Gasteiger partial charge on any atom is -0.355 e. The van der Waals surface area contributed by atoms with Gasteiger partial charge in [-0.1, -0.05) is 24.3 Å². The van der Waals surface area contributed by atoms with E-state index in [0.717, 1.165) is 0 Å². The van der Waals surface area contributed by atoms with E-state index >= 15 is 0 Å². The highest BCUT2D eigenvalue weighted by Crippen LogP contribution is 2.17. The second-order valence-corrected chi connectivity index (χ2v) is 5.12. The molecule has 0 heterocycles. The number of benzene rings is 2. The molecule has 0 radical (unpaired) electrons. The Bertz CT molecular complexity index is 781. The molecule has 2 aromatic rings. The van der Waals surface area contributed by atoms with Crippen molar-refractivity contribution in [3.8, 4) is 6.07 Å². The number of nitrogens with zero attached hydrogens (tertiary/aromatic N) is 1. The molecule has 0 atom stereocenters. The van der Waals surface area contributed by atoms with Gasteiger partial charge in [0.05, 0.1) is 18.1 Å². The summed E-state index contributed by atoms with van der Waals surface area (Å²) in [5, 5.41) is 14.4. The SMILES string of the molecule is N#Cc1cccc(C(=O)Nc2ccccc2CC(=O)NCCN)c1. The van der Waals surface area contributed by atoms with Gasteiger partial charge in [-0.15, -0.1) is 0 Å². The lowest BCUT2D eigenvalue weighted by molar-refractivity contribution is -0.120. The van der Waals surface area contributed by atoms with E-state index in [2.05, 4.69) is 10.6 Å². The number of nitrogens with two attached hydrogens (primary N) is 1. The van der Waals surface area contributed by atoms with Crippen LogP contribution in [0.4, 0.5) is 5.69 Å². The first-order chi connectivity index (χ1) is 11.6. The highest BCUT2D eigenvalue weighted by atomic mass is 16.2. The van der Waals surface area contributed by atoms with Gasteiger partial charge in [-0.2, -0.15) is 5.26 Å². The molecule has 6 heteroatoms. The lowest BCUT2D eigenvalue weighted by Crippen LogP contribution is -2.30. The number of carbonyl (C=O) groups excluding carboxylic acids is 2. The molecule has 2 amide bonds. The summed E-state index contributed by atoms with van der Waals surface area (Å²) in [4.78, 5) is 24.2. The molecular weight excluding hydrogens is 304 g/mol. The Kier molecular flexibility index (Phi) is 6.06. The first kappa shape index (κ1) is 17.2. The van der Waals surface area contributed by atoms with Gasteiger partial charge in [-0.05, 0) is 29.8 Å². The molecule has 2 rings (SSSR count). The summed E-state index contributed by atoms with van der Waals surface area (Å²) in [6.07, 6.45) is 0.148. The second kappa shape index (κ2) is 8.46. The predicted octanol–water partition coefficient (Wildman–Crippen LogP) is 1.43. The summed E-state index contributed by atoms with van der Waals surface area (Å²) >= 11 is 0. The maximum Gasteiger partial charge on any atom is 0.255 e. The standard InChI is InChI=1S/C18H18N4O2/c19-8-9-21-17(23)11-14-5-1-2-7-16(14)22-18(24)15-6-3-4-13(10-15)12-20/h1-7,10H,8-9,11,19H2,(H,21,23)(H,22,24). The molecule has 0 unspecified atom stereocenters. The van der Waals surface area contributed by atoms with Crippen LogP contribution in [-0.2, 0) is 11.2 Å². The van der Waals surface area contributed by atoms with Gasteiger partial charge in [-0.3, -0.25) is 9.59 Å². The van der Waals surface area contributed by atoms with Crippen molar-refractivity contribution >= 4 is 17.5 Å². The van der Waals surface area contributed by atoms with Crippen LogP contribution in [0, 0.1) is 11.3 Å². The maximum absolute atomic E-state index is 12.4. The van der Waals surface area contributed by atoms with E-state index in [0.29, 0.717) is 35.5 Å². The fourth-order valence-corrected chi connectivity index (χ4v) is 2.17. The molecule has 0 aliphatic rings. The lowest BCUT2D eigenvalue weighted by atomic mass is 10.1. The summed E-state index contributed by atoms with van der Waals surface area (Å²) in [5.41, 5.74) is 7.43. The molecule has 4 N–H and O–H groups in total. The van der Waals surface area contributed by atoms with Crippen molar-refractivity contribution in [2.24, 2.45) is 5.73 Å². The van der Waals surface area contributed by atoms with Crippen LogP contribution >= 0.6 is 0 Å². The van der Waals surface area contributed by atoms with Crippen LogP contribution in [0.5, 0.6) is 0 Å². The van der Waals surface area contributed by atoms with Crippen molar-refractivity contribution < 1.29 is 9.59 Å². The van der Waals surface area contributed by atoms with Crippen LogP contribution < -0.4 is 16.4 Å².